The molecule has 1 aromatic carbocycles. The van der Waals surface area contributed by atoms with E-state index in [4.69, 9.17) is 9.47 Å². The molecule has 22 heavy (non-hydrogen) atoms. The summed E-state index contributed by atoms with van der Waals surface area (Å²) in [5, 5.41) is 6.45. The first kappa shape index (κ1) is 16.5. The van der Waals surface area contributed by atoms with Crippen LogP contribution in [-0.2, 0) is 17.8 Å². The monoisotopic (exact) mass is 309 g/mol. The Kier molecular flexibility index (Phi) is 6.45. The predicted molar refractivity (Wildman–Crippen MR) is 84.7 cm³/mol. The van der Waals surface area contributed by atoms with Gasteiger partial charge in [0.25, 0.3) is 0 Å². The van der Waals surface area contributed by atoms with Crippen LogP contribution in [0.25, 0.3) is 0 Å². The van der Waals surface area contributed by atoms with Crippen molar-refractivity contribution in [3.8, 4) is 5.75 Å². The quantitative estimate of drug-likeness (QED) is 0.625. The van der Waals surface area contributed by atoms with Crippen LogP contribution in [0.4, 0.5) is 4.39 Å². The second-order valence-corrected chi connectivity index (χ2v) is 5.10. The summed E-state index contributed by atoms with van der Waals surface area (Å²) >= 11 is 0. The van der Waals surface area contributed by atoms with E-state index < -0.39 is 0 Å². The molecular weight excluding hydrogens is 285 g/mol. The van der Waals surface area contributed by atoms with Crippen LogP contribution in [0.1, 0.15) is 31.4 Å². The predicted octanol–water partition coefficient (Wildman–Crippen LogP) is 2.20. The Bertz CT molecular complexity index is 520. The lowest BCUT2D eigenvalue weighted by molar-refractivity contribution is -0.0172. The highest BCUT2D eigenvalue weighted by molar-refractivity contribution is 5.79. The summed E-state index contributed by atoms with van der Waals surface area (Å²) in [6.45, 7) is 6.99. The van der Waals surface area contributed by atoms with Crippen molar-refractivity contribution in [2.45, 2.75) is 33.3 Å². The topological polar surface area (TPSA) is 54.9 Å². The fourth-order valence-corrected chi connectivity index (χ4v) is 2.32. The number of rotatable bonds is 6. The fourth-order valence-electron chi connectivity index (χ4n) is 2.32. The van der Waals surface area contributed by atoms with Gasteiger partial charge < -0.3 is 20.1 Å². The molecule has 1 heterocycles. The van der Waals surface area contributed by atoms with Crippen LogP contribution in [0, 0.1) is 5.82 Å². The summed E-state index contributed by atoms with van der Waals surface area (Å²) in [7, 11) is 0. The number of fused-ring (bicyclic) bond motifs is 1. The first-order valence-corrected chi connectivity index (χ1v) is 7.78. The van der Waals surface area contributed by atoms with Gasteiger partial charge in [-0.05, 0) is 37.5 Å². The van der Waals surface area contributed by atoms with E-state index in [-0.39, 0.29) is 12.6 Å². The number of aliphatic imine (C=N–C) groups is 1. The lowest BCUT2D eigenvalue weighted by Crippen LogP contribution is -2.38. The zero-order valence-electron chi connectivity index (χ0n) is 13.2. The molecule has 122 valence electrons. The van der Waals surface area contributed by atoms with Gasteiger partial charge in [0.15, 0.2) is 12.8 Å². The van der Waals surface area contributed by atoms with Crippen molar-refractivity contribution in [3.05, 3.63) is 29.1 Å². The molecule has 0 spiro atoms. The molecule has 0 bridgehead atoms. The second-order valence-electron chi connectivity index (χ2n) is 5.10. The molecule has 1 aliphatic heterocycles. The number of guanidine groups is 1. The van der Waals surface area contributed by atoms with E-state index in [0.717, 1.165) is 42.3 Å². The number of benzene rings is 1. The molecule has 0 fully saturated rings. The molecule has 6 heteroatoms. The fraction of sp³-hybridized carbons (Fsp3) is 0.562. The van der Waals surface area contributed by atoms with Crippen LogP contribution >= 0.6 is 0 Å². The van der Waals surface area contributed by atoms with Gasteiger partial charge in [-0.25, -0.2) is 4.39 Å². The van der Waals surface area contributed by atoms with Gasteiger partial charge in [0.05, 0.1) is 6.61 Å². The van der Waals surface area contributed by atoms with E-state index in [1.165, 1.54) is 12.1 Å². The maximum Gasteiger partial charge on any atom is 0.191 e. The molecule has 2 N–H and O–H groups in total. The summed E-state index contributed by atoms with van der Waals surface area (Å²) in [5.74, 6) is 1.29. The average molecular weight is 309 g/mol. The number of ether oxygens (including phenoxy) is 2. The number of nitrogens with one attached hydrogen (secondary N) is 2. The van der Waals surface area contributed by atoms with Crippen molar-refractivity contribution in [2.24, 2.45) is 4.99 Å². The third-order valence-corrected chi connectivity index (χ3v) is 3.28. The highest BCUT2D eigenvalue weighted by atomic mass is 19.1. The van der Waals surface area contributed by atoms with E-state index in [1.807, 2.05) is 6.92 Å². The summed E-state index contributed by atoms with van der Waals surface area (Å²) in [6.07, 6.45) is 1.67. The molecule has 1 aromatic rings. The van der Waals surface area contributed by atoms with Crippen molar-refractivity contribution in [2.75, 3.05) is 26.4 Å². The van der Waals surface area contributed by atoms with Crippen LogP contribution in [0.2, 0.25) is 0 Å². The third kappa shape index (κ3) is 4.59. The van der Waals surface area contributed by atoms with Gasteiger partial charge in [-0.15, -0.1) is 0 Å². The summed E-state index contributed by atoms with van der Waals surface area (Å²) in [6, 6.07) is 3.00. The lowest BCUT2D eigenvalue weighted by atomic mass is 10.1. The molecule has 0 amide bonds. The molecule has 2 rings (SSSR count). The van der Waals surface area contributed by atoms with Crippen LogP contribution in [0.15, 0.2) is 17.1 Å². The first-order valence-electron chi connectivity index (χ1n) is 7.78. The number of nitrogens with zero attached hydrogens (tertiary/aromatic N) is 1. The van der Waals surface area contributed by atoms with E-state index in [0.29, 0.717) is 19.6 Å². The molecule has 0 atom stereocenters. The smallest absolute Gasteiger partial charge is 0.191 e. The molecule has 1 aliphatic rings. The summed E-state index contributed by atoms with van der Waals surface area (Å²) < 4.78 is 24.4. The van der Waals surface area contributed by atoms with Crippen molar-refractivity contribution in [1.29, 1.82) is 0 Å². The van der Waals surface area contributed by atoms with Gasteiger partial charge in [0, 0.05) is 25.2 Å². The second kappa shape index (κ2) is 8.58. The zero-order valence-corrected chi connectivity index (χ0v) is 13.2. The Balaban J connectivity index is 1.97. The Morgan fingerprint density at radius 3 is 2.95 bits per heavy atom. The molecule has 0 radical (unpaired) electrons. The molecule has 5 nitrogen and oxygen atoms in total. The summed E-state index contributed by atoms with van der Waals surface area (Å²) in [4.78, 5) is 4.44. The minimum absolute atomic E-state index is 0.222. The van der Waals surface area contributed by atoms with Crippen molar-refractivity contribution in [3.63, 3.8) is 0 Å². The largest absolute Gasteiger partial charge is 0.467 e. The molecule has 0 aromatic heterocycles. The van der Waals surface area contributed by atoms with Gasteiger partial charge in [-0.2, -0.15) is 0 Å². The standard InChI is InChI=1S/C16H24FN3O2/c1-3-6-19-16(18-4-2)20-7-5-12-8-14(17)9-13-10-21-11-22-15(12)13/h8-9H,3-7,10-11H2,1-2H3,(H2,18,19,20). The van der Waals surface area contributed by atoms with Crippen molar-refractivity contribution < 1.29 is 13.9 Å². The zero-order chi connectivity index (χ0) is 15.8. The highest BCUT2D eigenvalue weighted by Crippen LogP contribution is 2.29. The highest BCUT2D eigenvalue weighted by Gasteiger charge is 2.16. The normalized spacial score (nSPS) is 14.2. The van der Waals surface area contributed by atoms with Gasteiger partial charge in [-0.1, -0.05) is 6.92 Å². The number of hydrogen-bond donors (Lipinski definition) is 2. The van der Waals surface area contributed by atoms with Crippen LogP contribution in [-0.4, -0.2) is 32.4 Å². The Labute approximate surface area is 130 Å². The SMILES string of the molecule is CCCN=C(NCC)NCCc1cc(F)cc2c1OCOC2. The molecule has 0 aliphatic carbocycles. The Morgan fingerprint density at radius 2 is 2.18 bits per heavy atom. The van der Waals surface area contributed by atoms with E-state index in [2.05, 4.69) is 22.5 Å². The van der Waals surface area contributed by atoms with E-state index >= 15 is 0 Å². The molecule has 0 saturated carbocycles. The van der Waals surface area contributed by atoms with Crippen LogP contribution in [0.3, 0.4) is 0 Å². The number of halogens is 1. The van der Waals surface area contributed by atoms with Crippen LogP contribution < -0.4 is 15.4 Å². The van der Waals surface area contributed by atoms with Gasteiger partial charge in [-0.3, -0.25) is 4.99 Å². The minimum Gasteiger partial charge on any atom is -0.467 e. The third-order valence-electron chi connectivity index (χ3n) is 3.28. The molecule has 0 unspecified atom stereocenters. The maximum atomic E-state index is 13.7. The first-order chi connectivity index (χ1) is 10.7. The van der Waals surface area contributed by atoms with E-state index in [9.17, 15) is 4.39 Å². The van der Waals surface area contributed by atoms with Gasteiger partial charge in [0.1, 0.15) is 11.6 Å². The number of hydrogen-bond acceptors (Lipinski definition) is 3. The van der Waals surface area contributed by atoms with Crippen molar-refractivity contribution in [1.82, 2.24) is 10.6 Å². The van der Waals surface area contributed by atoms with Gasteiger partial charge in [0.2, 0.25) is 0 Å². The van der Waals surface area contributed by atoms with Gasteiger partial charge >= 0.3 is 0 Å². The van der Waals surface area contributed by atoms with Crippen LogP contribution in [0.5, 0.6) is 5.75 Å². The Hall–Kier alpha value is -1.82. The summed E-state index contributed by atoms with van der Waals surface area (Å²) in [5.41, 5.74) is 1.63. The lowest BCUT2D eigenvalue weighted by Gasteiger charge is -2.21. The Morgan fingerprint density at radius 1 is 1.32 bits per heavy atom. The van der Waals surface area contributed by atoms with Crippen molar-refractivity contribution >= 4 is 5.96 Å². The maximum absolute atomic E-state index is 13.7. The van der Waals surface area contributed by atoms with E-state index in [1.54, 1.807) is 0 Å². The molecule has 0 saturated heterocycles. The average Bonchev–Trinajstić information content (AvgIpc) is 2.52. The minimum atomic E-state index is -0.255. The molecular formula is C16H24FN3O2.